The van der Waals surface area contributed by atoms with Crippen LogP contribution < -0.4 is 15.1 Å². The third-order valence-corrected chi connectivity index (χ3v) is 7.41. The van der Waals surface area contributed by atoms with E-state index in [0.29, 0.717) is 30.3 Å². The molecule has 0 radical (unpaired) electrons. The van der Waals surface area contributed by atoms with Crippen molar-refractivity contribution in [3.05, 3.63) is 89.9 Å². The van der Waals surface area contributed by atoms with Gasteiger partial charge in [-0.3, -0.25) is 14.5 Å². The van der Waals surface area contributed by atoms with Crippen molar-refractivity contribution < 1.29 is 9.59 Å². The number of anilines is 3. The van der Waals surface area contributed by atoms with Crippen LogP contribution in [0.25, 0.3) is 0 Å². The molecule has 1 aromatic heterocycles. The predicted octanol–water partition coefficient (Wildman–Crippen LogP) is 3.77. The number of hydrogen-bond donors (Lipinski definition) is 1. The summed E-state index contributed by atoms with van der Waals surface area (Å²) in [6.45, 7) is 11.9. The molecule has 0 bridgehead atoms. The molecule has 5 rings (SSSR count). The molecule has 38 heavy (non-hydrogen) atoms. The van der Waals surface area contributed by atoms with Gasteiger partial charge in [0.05, 0.1) is 12.0 Å². The first-order valence-corrected chi connectivity index (χ1v) is 13.0. The number of benzene rings is 2. The summed E-state index contributed by atoms with van der Waals surface area (Å²) in [5.41, 5.74) is 4.02. The van der Waals surface area contributed by atoms with E-state index in [1.165, 1.54) is 11.8 Å². The standard InChI is InChI=1S/C30H34N6O2/c1-5-27(37)32-23-8-6-7-22(17-23)20-36-28-25(30(2,3)29(36)38)19-31-26(33-28)18-21-9-11-24(12-10-21)35-15-13-34(4)14-16-35/h5-12,17,19H,1,13-16,18,20H2,2-4H3,(H,32,37). The second kappa shape index (κ2) is 10.4. The van der Waals surface area contributed by atoms with E-state index in [1.807, 2.05) is 38.1 Å². The Kier molecular flexibility index (Phi) is 6.99. The molecule has 0 unspecified atom stereocenters. The number of fused-ring (bicyclic) bond motifs is 1. The molecule has 0 atom stereocenters. The lowest BCUT2D eigenvalue weighted by Gasteiger charge is -2.34. The Balaban J connectivity index is 1.35. The first-order chi connectivity index (χ1) is 18.2. The van der Waals surface area contributed by atoms with E-state index in [2.05, 4.69) is 58.0 Å². The Labute approximate surface area is 224 Å². The van der Waals surface area contributed by atoms with Gasteiger partial charge in [0.25, 0.3) is 0 Å². The maximum atomic E-state index is 13.4. The molecule has 2 aliphatic heterocycles. The van der Waals surface area contributed by atoms with Gasteiger partial charge in [0.2, 0.25) is 11.8 Å². The summed E-state index contributed by atoms with van der Waals surface area (Å²) in [6.07, 6.45) is 3.62. The minimum atomic E-state index is -0.716. The minimum absolute atomic E-state index is 0.0176. The number of amides is 2. The van der Waals surface area contributed by atoms with Gasteiger partial charge in [-0.25, -0.2) is 9.97 Å². The highest BCUT2D eigenvalue weighted by Crippen LogP contribution is 2.40. The monoisotopic (exact) mass is 510 g/mol. The molecule has 8 nitrogen and oxygen atoms in total. The topological polar surface area (TPSA) is 81.7 Å². The molecular weight excluding hydrogens is 476 g/mol. The molecule has 0 saturated carbocycles. The van der Waals surface area contributed by atoms with Gasteiger partial charge in [-0.05, 0) is 62.4 Å². The molecule has 2 aromatic carbocycles. The number of carbonyl (C=O) groups excluding carboxylic acids is 2. The van der Waals surface area contributed by atoms with E-state index < -0.39 is 5.41 Å². The van der Waals surface area contributed by atoms with Crippen molar-refractivity contribution in [2.24, 2.45) is 0 Å². The summed E-state index contributed by atoms with van der Waals surface area (Å²) in [4.78, 5) is 41.2. The van der Waals surface area contributed by atoms with Gasteiger partial charge in [-0.1, -0.05) is 30.8 Å². The molecule has 3 aromatic rings. The smallest absolute Gasteiger partial charge is 0.247 e. The number of piperazine rings is 1. The number of likely N-dealkylation sites (N-methyl/N-ethyl adjacent to an activating group) is 1. The summed E-state index contributed by atoms with van der Waals surface area (Å²) in [7, 11) is 2.16. The SMILES string of the molecule is C=CC(=O)Nc1cccc(CN2C(=O)C(C)(C)c3cnc(Cc4ccc(N5CCN(C)CC5)cc4)nc32)c1. The van der Waals surface area contributed by atoms with Gasteiger partial charge in [0, 0.05) is 55.7 Å². The van der Waals surface area contributed by atoms with Gasteiger partial charge < -0.3 is 15.1 Å². The molecule has 0 aliphatic carbocycles. The quantitative estimate of drug-likeness (QED) is 0.488. The van der Waals surface area contributed by atoms with Gasteiger partial charge in [0.1, 0.15) is 11.6 Å². The molecule has 1 saturated heterocycles. The highest BCUT2D eigenvalue weighted by Gasteiger charge is 2.45. The molecule has 2 aliphatic rings. The molecule has 2 amide bonds. The fourth-order valence-corrected chi connectivity index (χ4v) is 5.03. The van der Waals surface area contributed by atoms with Gasteiger partial charge >= 0.3 is 0 Å². The lowest BCUT2D eigenvalue weighted by molar-refractivity contribution is -0.122. The lowest BCUT2D eigenvalue weighted by Crippen LogP contribution is -2.44. The van der Waals surface area contributed by atoms with Gasteiger partial charge in [0.15, 0.2) is 0 Å². The molecule has 0 spiro atoms. The lowest BCUT2D eigenvalue weighted by atomic mass is 9.88. The highest BCUT2D eigenvalue weighted by molar-refractivity contribution is 6.06. The highest BCUT2D eigenvalue weighted by atomic mass is 16.2. The van der Waals surface area contributed by atoms with Crippen molar-refractivity contribution in [1.82, 2.24) is 14.9 Å². The zero-order valence-electron chi connectivity index (χ0n) is 22.3. The molecule has 3 heterocycles. The maximum Gasteiger partial charge on any atom is 0.247 e. The summed E-state index contributed by atoms with van der Waals surface area (Å²) >= 11 is 0. The van der Waals surface area contributed by atoms with Crippen LogP contribution in [0.4, 0.5) is 17.2 Å². The number of nitrogens with zero attached hydrogens (tertiary/aromatic N) is 5. The zero-order valence-corrected chi connectivity index (χ0v) is 22.3. The van der Waals surface area contributed by atoms with Crippen LogP contribution in [0.3, 0.4) is 0 Å². The van der Waals surface area contributed by atoms with E-state index in [9.17, 15) is 9.59 Å². The Morgan fingerprint density at radius 1 is 1.08 bits per heavy atom. The second-order valence-electron chi connectivity index (χ2n) is 10.6. The number of aromatic nitrogens is 2. The summed E-state index contributed by atoms with van der Waals surface area (Å²) in [5, 5.41) is 2.78. The Hall–Kier alpha value is -4.04. The first kappa shape index (κ1) is 25.6. The zero-order chi connectivity index (χ0) is 26.9. The van der Waals surface area contributed by atoms with Crippen LogP contribution in [0.1, 0.15) is 36.4 Å². The van der Waals surface area contributed by atoms with Crippen molar-refractivity contribution in [1.29, 1.82) is 0 Å². The Bertz CT molecular complexity index is 1360. The minimum Gasteiger partial charge on any atom is -0.369 e. The van der Waals surface area contributed by atoms with E-state index >= 15 is 0 Å². The average molecular weight is 511 g/mol. The van der Waals surface area contributed by atoms with E-state index in [-0.39, 0.29) is 11.8 Å². The third-order valence-electron chi connectivity index (χ3n) is 7.41. The van der Waals surface area contributed by atoms with Crippen LogP contribution in [0.2, 0.25) is 0 Å². The first-order valence-electron chi connectivity index (χ1n) is 13.0. The Morgan fingerprint density at radius 2 is 1.82 bits per heavy atom. The number of carbonyl (C=O) groups is 2. The summed E-state index contributed by atoms with van der Waals surface area (Å²) in [5.74, 6) is 1.04. The van der Waals surface area contributed by atoms with Crippen LogP contribution in [0.15, 0.2) is 67.4 Å². The molecular formula is C30H34N6O2. The summed E-state index contributed by atoms with van der Waals surface area (Å²) in [6, 6.07) is 16.1. The van der Waals surface area contributed by atoms with Crippen molar-refractivity contribution in [3.63, 3.8) is 0 Å². The predicted molar refractivity (Wildman–Crippen MR) is 150 cm³/mol. The summed E-state index contributed by atoms with van der Waals surface area (Å²) < 4.78 is 0. The largest absolute Gasteiger partial charge is 0.369 e. The maximum absolute atomic E-state index is 13.4. The normalized spacial score (nSPS) is 16.9. The van der Waals surface area contributed by atoms with Crippen molar-refractivity contribution in [3.8, 4) is 0 Å². The molecule has 1 N–H and O–H groups in total. The van der Waals surface area contributed by atoms with Crippen LogP contribution in [-0.4, -0.2) is 59.9 Å². The second-order valence-corrected chi connectivity index (χ2v) is 10.6. The Morgan fingerprint density at radius 3 is 2.53 bits per heavy atom. The molecule has 196 valence electrons. The van der Waals surface area contributed by atoms with Crippen molar-refractivity contribution >= 4 is 29.0 Å². The van der Waals surface area contributed by atoms with Gasteiger partial charge in [-0.15, -0.1) is 0 Å². The van der Waals surface area contributed by atoms with Crippen molar-refractivity contribution in [2.45, 2.75) is 32.2 Å². The average Bonchev–Trinajstić information content (AvgIpc) is 3.10. The van der Waals surface area contributed by atoms with Crippen LogP contribution in [0, 0.1) is 0 Å². The number of hydrogen-bond acceptors (Lipinski definition) is 6. The van der Waals surface area contributed by atoms with Gasteiger partial charge in [-0.2, -0.15) is 0 Å². The van der Waals surface area contributed by atoms with Crippen LogP contribution in [-0.2, 0) is 28.0 Å². The number of nitrogens with one attached hydrogen (secondary N) is 1. The fourth-order valence-electron chi connectivity index (χ4n) is 5.03. The molecule has 1 fully saturated rings. The van der Waals surface area contributed by atoms with E-state index in [4.69, 9.17) is 4.98 Å². The van der Waals surface area contributed by atoms with E-state index in [1.54, 1.807) is 11.1 Å². The van der Waals surface area contributed by atoms with Crippen LogP contribution in [0.5, 0.6) is 0 Å². The van der Waals surface area contributed by atoms with Crippen LogP contribution >= 0.6 is 0 Å². The fraction of sp³-hybridized carbons (Fsp3) is 0.333. The van der Waals surface area contributed by atoms with Crippen molar-refractivity contribution in [2.75, 3.05) is 48.3 Å². The number of rotatable bonds is 7. The molecule has 8 heteroatoms. The third kappa shape index (κ3) is 5.17. The van der Waals surface area contributed by atoms with E-state index in [0.717, 1.165) is 42.9 Å².